The highest BCUT2D eigenvalue weighted by Crippen LogP contribution is 2.12. The minimum atomic E-state index is -1.20. The lowest BCUT2D eigenvalue weighted by Crippen LogP contribution is -2.58. The first-order valence-electron chi connectivity index (χ1n) is 10.9. The Hall–Kier alpha value is -1.85. The quantitative estimate of drug-likeness (QED) is 0.134. The van der Waals surface area contributed by atoms with Crippen LogP contribution in [0.3, 0.4) is 0 Å². The van der Waals surface area contributed by atoms with Gasteiger partial charge in [-0.05, 0) is 51.1 Å². The zero-order chi connectivity index (χ0) is 23.4. The fraction of sp³-hybridized carbons (Fsp3) is 0.800. The number of carbonyl (C=O) groups is 4. The molecule has 5 unspecified atom stereocenters. The normalized spacial score (nSPS) is 19.7. The summed E-state index contributed by atoms with van der Waals surface area (Å²) in [5, 5.41) is 20.2. The van der Waals surface area contributed by atoms with Crippen LogP contribution in [0.1, 0.15) is 52.4 Å². The fourth-order valence-corrected chi connectivity index (χ4v) is 3.59. The van der Waals surface area contributed by atoms with Crippen molar-refractivity contribution in [2.75, 3.05) is 18.8 Å². The van der Waals surface area contributed by atoms with Crippen molar-refractivity contribution in [3.63, 3.8) is 0 Å². The number of unbranched alkanes of at least 4 members (excludes halogenated alkanes) is 1. The van der Waals surface area contributed by atoms with Crippen molar-refractivity contribution in [3.05, 3.63) is 0 Å². The molecule has 0 radical (unpaired) electrons. The summed E-state index contributed by atoms with van der Waals surface area (Å²) in [4.78, 5) is 49.5. The van der Waals surface area contributed by atoms with E-state index in [1.807, 2.05) is 13.8 Å². The summed E-state index contributed by atoms with van der Waals surface area (Å²) in [6, 6.07) is -3.23. The van der Waals surface area contributed by atoms with E-state index < -0.39 is 35.9 Å². The second kappa shape index (κ2) is 14.3. The number of thiol groups is 1. The van der Waals surface area contributed by atoms with Crippen molar-refractivity contribution in [1.29, 1.82) is 0 Å². The lowest BCUT2D eigenvalue weighted by atomic mass is 9.97. The Labute approximate surface area is 189 Å². The largest absolute Gasteiger partial charge is 0.480 e. The number of carboxylic acids is 1. The molecule has 1 fully saturated rings. The molecule has 178 valence electrons. The summed E-state index contributed by atoms with van der Waals surface area (Å²) in [6.45, 7) is 4.98. The lowest BCUT2D eigenvalue weighted by molar-refractivity contribution is -0.141. The van der Waals surface area contributed by atoms with Gasteiger partial charge in [0.1, 0.15) is 18.1 Å². The highest BCUT2D eigenvalue weighted by molar-refractivity contribution is 7.80. The molecule has 0 aromatic rings. The van der Waals surface area contributed by atoms with Gasteiger partial charge in [0.05, 0.1) is 6.04 Å². The number of nitrogens with two attached hydrogens (primary N) is 1. The van der Waals surface area contributed by atoms with Gasteiger partial charge in [0, 0.05) is 5.75 Å². The highest BCUT2D eigenvalue weighted by Gasteiger charge is 2.33. The molecule has 1 heterocycles. The van der Waals surface area contributed by atoms with Gasteiger partial charge >= 0.3 is 5.97 Å². The van der Waals surface area contributed by atoms with Gasteiger partial charge in [0.15, 0.2) is 0 Å². The van der Waals surface area contributed by atoms with Crippen LogP contribution in [0.2, 0.25) is 0 Å². The minimum absolute atomic E-state index is 0.0789. The maximum Gasteiger partial charge on any atom is 0.327 e. The Kier molecular flexibility index (Phi) is 12.5. The Morgan fingerprint density at radius 1 is 1.13 bits per heavy atom. The van der Waals surface area contributed by atoms with Crippen LogP contribution in [0.4, 0.5) is 0 Å². The van der Waals surface area contributed by atoms with Gasteiger partial charge < -0.3 is 32.1 Å². The van der Waals surface area contributed by atoms with Crippen LogP contribution in [0, 0.1) is 5.92 Å². The van der Waals surface area contributed by atoms with Crippen LogP contribution in [0.25, 0.3) is 0 Å². The third-order valence-electron chi connectivity index (χ3n) is 5.55. The zero-order valence-corrected chi connectivity index (χ0v) is 19.2. The predicted molar refractivity (Wildman–Crippen MR) is 121 cm³/mol. The number of hydrogen-bond acceptors (Lipinski definition) is 7. The van der Waals surface area contributed by atoms with Crippen LogP contribution in [-0.4, -0.2) is 71.8 Å². The number of hydrogen-bond donors (Lipinski definition) is 7. The summed E-state index contributed by atoms with van der Waals surface area (Å²) in [7, 11) is 0. The smallest absolute Gasteiger partial charge is 0.327 e. The molecule has 31 heavy (non-hydrogen) atoms. The van der Waals surface area contributed by atoms with Crippen LogP contribution in [-0.2, 0) is 19.2 Å². The molecule has 0 aromatic heterocycles. The first-order valence-corrected chi connectivity index (χ1v) is 11.6. The Balaban J connectivity index is 2.89. The molecule has 3 amide bonds. The molecule has 1 rings (SSSR count). The standard InChI is InChI=1S/C20H37N5O5S/c1-3-12(2)16(25-17(26)13-8-6-10-22-13)19(28)23-14(7-4-5-9-21)18(27)24-15(11-31)20(29)30/h12-16,22,31H,3-11,21H2,1-2H3,(H,23,28)(H,24,27)(H,25,26)(H,29,30). The molecule has 1 saturated heterocycles. The molecule has 0 aromatic carbocycles. The fourth-order valence-electron chi connectivity index (χ4n) is 3.35. The molecule has 0 bridgehead atoms. The molecule has 0 saturated carbocycles. The van der Waals surface area contributed by atoms with Gasteiger partial charge in [-0.15, -0.1) is 0 Å². The Morgan fingerprint density at radius 2 is 1.81 bits per heavy atom. The Morgan fingerprint density at radius 3 is 2.32 bits per heavy atom. The van der Waals surface area contributed by atoms with Crippen molar-refractivity contribution < 1.29 is 24.3 Å². The van der Waals surface area contributed by atoms with E-state index in [4.69, 9.17) is 5.73 Å². The topological polar surface area (TPSA) is 163 Å². The maximum atomic E-state index is 13.0. The van der Waals surface area contributed by atoms with Crippen LogP contribution in [0.15, 0.2) is 0 Å². The van der Waals surface area contributed by atoms with Crippen LogP contribution < -0.4 is 27.0 Å². The third kappa shape index (κ3) is 9.04. The molecule has 11 heteroatoms. The van der Waals surface area contributed by atoms with Crippen molar-refractivity contribution in [2.45, 2.75) is 76.5 Å². The second-order valence-corrected chi connectivity index (χ2v) is 8.31. The van der Waals surface area contributed by atoms with Gasteiger partial charge in [-0.25, -0.2) is 4.79 Å². The Bertz CT molecular complexity index is 615. The number of amides is 3. The average molecular weight is 460 g/mol. The molecule has 7 N–H and O–H groups in total. The van der Waals surface area contributed by atoms with Crippen molar-refractivity contribution in [1.82, 2.24) is 21.3 Å². The van der Waals surface area contributed by atoms with Crippen molar-refractivity contribution >= 4 is 36.3 Å². The van der Waals surface area contributed by atoms with E-state index in [1.165, 1.54) is 0 Å². The van der Waals surface area contributed by atoms with Crippen LogP contribution in [0.5, 0.6) is 0 Å². The summed E-state index contributed by atoms with van der Waals surface area (Å²) in [6.07, 6.45) is 3.82. The van der Waals surface area contributed by atoms with E-state index in [2.05, 4.69) is 33.9 Å². The first kappa shape index (κ1) is 27.2. The predicted octanol–water partition coefficient (Wildman–Crippen LogP) is -0.618. The third-order valence-corrected chi connectivity index (χ3v) is 5.91. The van der Waals surface area contributed by atoms with Gasteiger partial charge in [-0.1, -0.05) is 20.3 Å². The van der Waals surface area contributed by atoms with E-state index >= 15 is 0 Å². The maximum absolute atomic E-state index is 13.0. The van der Waals surface area contributed by atoms with E-state index in [0.717, 1.165) is 13.0 Å². The summed E-state index contributed by atoms with van der Waals surface area (Å²) >= 11 is 3.95. The van der Waals surface area contributed by atoms with E-state index in [1.54, 1.807) is 0 Å². The number of carboxylic acid groups (broad SMARTS) is 1. The first-order chi connectivity index (χ1) is 14.7. The van der Waals surface area contributed by atoms with Crippen molar-refractivity contribution in [3.8, 4) is 0 Å². The average Bonchev–Trinajstić information content (AvgIpc) is 3.29. The van der Waals surface area contributed by atoms with Gasteiger partial charge in [-0.3, -0.25) is 14.4 Å². The van der Waals surface area contributed by atoms with Gasteiger partial charge in [-0.2, -0.15) is 12.6 Å². The lowest BCUT2D eigenvalue weighted by Gasteiger charge is -2.28. The highest BCUT2D eigenvalue weighted by atomic mass is 32.1. The number of nitrogens with one attached hydrogen (secondary N) is 4. The molecule has 1 aliphatic heterocycles. The monoisotopic (exact) mass is 459 g/mol. The number of rotatable bonds is 14. The molecular formula is C20H37N5O5S. The molecule has 5 atom stereocenters. The van der Waals surface area contributed by atoms with Gasteiger partial charge in [0.2, 0.25) is 17.7 Å². The van der Waals surface area contributed by atoms with E-state index in [-0.39, 0.29) is 23.6 Å². The SMILES string of the molecule is CCC(C)C(NC(=O)C1CCCN1)C(=O)NC(CCCCN)C(=O)NC(CS)C(=O)O. The molecule has 0 aliphatic carbocycles. The molecule has 10 nitrogen and oxygen atoms in total. The van der Waals surface area contributed by atoms with Crippen LogP contribution >= 0.6 is 12.6 Å². The van der Waals surface area contributed by atoms with Gasteiger partial charge in [0.25, 0.3) is 0 Å². The van der Waals surface area contributed by atoms with Crippen molar-refractivity contribution in [2.24, 2.45) is 11.7 Å². The summed E-state index contributed by atoms with van der Waals surface area (Å²) in [5.74, 6) is -2.73. The molecular weight excluding hydrogens is 422 g/mol. The molecule has 1 aliphatic rings. The summed E-state index contributed by atoms with van der Waals surface area (Å²) in [5.41, 5.74) is 5.53. The van der Waals surface area contributed by atoms with E-state index in [0.29, 0.717) is 38.6 Å². The second-order valence-electron chi connectivity index (χ2n) is 7.95. The number of carbonyl (C=O) groups excluding carboxylic acids is 3. The summed E-state index contributed by atoms with van der Waals surface area (Å²) < 4.78 is 0. The number of aliphatic carboxylic acids is 1. The van der Waals surface area contributed by atoms with E-state index in [9.17, 15) is 24.3 Å². The zero-order valence-electron chi connectivity index (χ0n) is 18.4. The molecule has 0 spiro atoms. The minimum Gasteiger partial charge on any atom is -0.480 e.